The summed E-state index contributed by atoms with van der Waals surface area (Å²) in [6, 6.07) is 8.19. The summed E-state index contributed by atoms with van der Waals surface area (Å²) in [5, 5.41) is 10.7. The van der Waals surface area contributed by atoms with Gasteiger partial charge in [-0.3, -0.25) is 0 Å². The Kier molecular flexibility index (Phi) is 4.08. The minimum atomic E-state index is -0.418. The van der Waals surface area contributed by atoms with Crippen LogP contribution in [0.3, 0.4) is 0 Å². The lowest BCUT2D eigenvalue weighted by atomic mass is 9.76. The molecule has 3 atom stereocenters. The van der Waals surface area contributed by atoms with Crippen LogP contribution < -0.4 is 5.73 Å². The first-order valence-corrected chi connectivity index (χ1v) is 7.06. The van der Waals surface area contributed by atoms with Crippen molar-refractivity contribution in [2.24, 2.45) is 17.1 Å². The highest BCUT2D eigenvalue weighted by Gasteiger charge is 2.43. The molecule has 3 unspecified atom stereocenters. The Morgan fingerprint density at radius 3 is 2.83 bits per heavy atom. The van der Waals surface area contributed by atoms with Gasteiger partial charge in [0.2, 0.25) is 0 Å². The monoisotopic (exact) mass is 247 g/mol. The largest absolute Gasteiger partial charge is 0.388 e. The van der Waals surface area contributed by atoms with E-state index in [1.165, 1.54) is 18.4 Å². The van der Waals surface area contributed by atoms with Crippen molar-refractivity contribution in [3.8, 4) is 0 Å². The van der Waals surface area contributed by atoms with E-state index in [0.717, 1.165) is 24.3 Å². The molecule has 0 amide bonds. The fraction of sp³-hybridized carbons (Fsp3) is 0.625. The molecule has 2 rings (SSSR count). The molecule has 1 aliphatic carbocycles. The van der Waals surface area contributed by atoms with Crippen molar-refractivity contribution in [1.82, 2.24) is 0 Å². The molecule has 1 aliphatic rings. The van der Waals surface area contributed by atoms with E-state index in [4.69, 9.17) is 5.73 Å². The van der Waals surface area contributed by atoms with Gasteiger partial charge in [-0.15, -0.1) is 0 Å². The molecular weight excluding hydrogens is 222 g/mol. The van der Waals surface area contributed by atoms with E-state index in [1.807, 2.05) is 12.1 Å². The fourth-order valence-corrected chi connectivity index (χ4v) is 3.36. The fourth-order valence-electron chi connectivity index (χ4n) is 3.36. The van der Waals surface area contributed by atoms with E-state index in [9.17, 15) is 5.11 Å². The highest BCUT2D eigenvalue weighted by molar-refractivity contribution is 5.26. The third kappa shape index (κ3) is 2.45. The van der Waals surface area contributed by atoms with Crippen molar-refractivity contribution in [2.75, 3.05) is 6.54 Å². The first-order chi connectivity index (χ1) is 8.61. The molecule has 0 aliphatic heterocycles. The summed E-state index contributed by atoms with van der Waals surface area (Å²) in [6.45, 7) is 4.88. The molecule has 0 spiro atoms. The van der Waals surface area contributed by atoms with Crippen LogP contribution in [0.2, 0.25) is 0 Å². The normalized spacial score (nSPS) is 29.4. The molecule has 0 heterocycles. The quantitative estimate of drug-likeness (QED) is 0.858. The first-order valence-electron chi connectivity index (χ1n) is 7.06. The van der Waals surface area contributed by atoms with Crippen LogP contribution in [0.25, 0.3) is 0 Å². The lowest BCUT2D eigenvalue weighted by Gasteiger charge is -2.34. The zero-order valence-corrected chi connectivity index (χ0v) is 11.5. The van der Waals surface area contributed by atoms with Crippen molar-refractivity contribution in [2.45, 2.75) is 45.6 Å². The van der Waals surface area contributed by atoms with Gasteiger partial charge in [0.1, 0.15) is 0 Å². The topological polar surface area (TPSA) is 46.2 Å². The predicted octanol–water partition coefficient (Wildman–Crippen LogP) is 3.18. The summed E-state index contributed by atoms with van der Waals surface area (Å²) < 4.78 is 0. The van der Waals surface area contributed by atoms with Gasteiger partial charge in [-0.2, -0.15) is 0 Å². The van der Waals surface area contributed by atoms with Crippen LogP contribution in [0.4, 0.5) is 0 Å². The number of nitrogens with two attached hydrogens (primary N) is 1. The SMILES string of the molecule is CCC1CCC(CN)(C(O)c2cccc(C)c2)C1. The second-order valence-electron chi connectivity index (χ2n) is 5.90. The smallest absolute Gasteiger partial charge is 0.0858 e. The van der Waals surface area contributed by atoms with Gasteiger partial charge in [0, 0.05) is 12.0 Å². The maximum absolute atomic E-state index is 10.7. The van der Waals surface area contributed by atoms with Crippen molar-refractivity contribution < 1.29 is 5.11 Å². The van der Waals surface area contributed by atoms with E-state index in [0.29, 0.717) is 6.54 Å². The zero-order chi connectivity index (χ0) is 13.2. The Balaban J connectivity index is 2.23. The zero-order valence-electron chi connectivity index (χ0n) is 11.5. The molecule has 2 nitrogen and oxygen atoms in total. The molecule has 2 heteroatoms. The molecule has 1 saturated carbocycles. The van der Waals surface area contributed by atoms with Gasteiger partial charge in [0.25, 0.3) is 0 Å². The Bertz CT molecular complexity index is 404. The van der Waals surface area contributed by atoms with Crippen LogP contribution in [0, 0.1) is 18.3 Å². The highest BCUT2D eigenvalue weighted by atomic mass is 16.3. The van der Waals surface area contributed by atoms with E-state index < -0.39 is 6.10 Å². The maximum Gasteiger partial charge on any atom is 0.0858 e. The molecule has 18 heavy (non-hydrogen) atoms. The maximum atomic E-state index is 10.7. The molecule has 1 aromatic rings. The summed E-state index contributed by atoms with van der Waals surface area (Å²) in [7, 11) is 0. The summed E-state index contributed by atoms with van der Waals surface area (Å²) in [6.07, 6.45) is 4.10. The number of aliphatic hydroxyl groups excluding tert-OH is 1. The Morgan fingerprint density at radius 2 is 2.28 bits per heavy atom. The Labute approximate surface area is 110 Å². The minimum Gasteiger partial charge on any atom is -0.388 e. The van der Waals surface area contributed by atoms with E-state index in [-0.39, 0.29) is 5.41 Å². The molecule has 3 N–H and O–H groups in total. The van der Waals surface area contributed by atoms with E-state index in [1.54, 1.807) is 0 Å². The Morgan fingerprint density at radius 1 is 1.50 bits per heavy atom. The first kappa shape index (κ1) is 13.6. The predicted molar refractivity (Wildman–Crippen MR) is 75.3 cm³/mol. The number of aryl methyl sites for hydroxylation is 1. The number of hydrogen-bond acceptors (Lipinski definition) is 2. The van der Waals surface area contributed by atoms with Crippen molar-refractivity contribution in [1.29, 1.82) is 0 Å². The molecule has 1 fully saturated rings. The summed E-state index contributed by atoms with van der Waals surface area (Å²) >= 11 is 0. The second-order valence-corrected chi connectivity index (χ2v) is 5.90. The molecule has 100 valence electrons. The van der Waals surface area contributed by atoms with Gasteiger partial charge < -0.3 is 10.8 Å². The van der Waals surface area contributed by atoms with Gasteiger partial charge in [-0.1, -0.05) is 43.2 Å². The molecule has 0 radical (unpaired) electrons. The second kappa shape index (κ2) is 5.41. The summed E-state index contributed by atoms with van der Waals surface area (Å²) in [5.41, 5.74) is 8.12. The van der Waals surface area contributed by atoms with Crippen LogP contribution in [-0.4, -0.2) is 11.7 Å². The lowest BCUT2D eigenvalue weighted by Crippen LogP contribution is -2.34. The number of hydrogen-bond donors (Lipinski definition) is 2. The van der Waals surface area contributed by atoms with Gasteiger partial charge >= 0.3 is 0 Å². The Hall–Kier alpha value is -0.860. The van der Waals surface area contributed by atoms with Crippen molar-refractivity contribution in [3.05, 3.63) is 35.4 Å². The third-order valence-electron chi connectivity index (χ3n) is 4.67. The van der Waals surface area contributed by atoms with Gasteiger partial charge in [-0.05, 0) is 37.7 Å². The third-order valence-corrected chi connectivity index (χ3v) is 4.67. The number of rotatable bonds is 4. The summed E-state index contributed by atoms with van der Waals surface area (Å²) in [5.74, 6) is 0.730. The lowest BCUT2D eigenvalue weighted by molar-refractivity contribution is 0.0301. The molecule has 1 aromatic carbocycles. The highest BCUT2D eigenvalue weighted by Crippen LogP contribution is 2.50. The number of aliphatic hydroxyl groups is 1. The standard InChI is InChI=1S/C16H25NO/c1-3-13-7-8-16(10-13,11-17)15(18)14-6-4-5-12(2)9-14/h4-6,9,13,15,18H,3,7-8,10-11,17H2,1-2H3. The van der Waals surface area contributed by atoms with Crippen LogP contribution in [0.15, 0.2) is 24.3 Å². The van der Waals surface area contributed by atoms with Gasteiger partial charge in [-0.25, -0.2) is 0 Å². The van der Waals surface area contributed by atoms with Crippen LogP contribution in [-0.2, 0) is 0 Å². The molecule has 0 aromatic heterocycles. The molecule has 0 saturated heterocycles. The molecular formula is C16H25NO. The van der Waals surface area contributed by atoms with Gasteiger partial charge in [0.05, 0.1) is 6.10 Å². The number of benzene rings is 1. The average Bonchev–Trinajstić information content (AvgIpc) is 2.83. The van der Waals surface area contributed by atoms with Crippen LogP contribution in [0.5, 0.6) is 0 Å². The van der Waals surface area contributed by atoms with Crippen LogP contribution >= 0.6 is 0 Å². The van der Waals surface area contributed by atoms with E-state index >= 15 is 0 Å². The van der Waals surface area contributed by atoms with Crippen LogP contribution in [0.1, 0.15) is 49.8 Å². The molecule has 0 bridgehead atoms. The van der Waals surface area contributed by atoms with Crippen molar-refractivity contribution >= 4 is 0 Å². The minimum absolute atomic E-state index is 0.103. The van der Waals surface area contributed by atoms with Crippen molar-refractivity contribution in [3.63, 3.8) is 0 Å². The van der Waals surface area contributed by atoms with E-state index in [2.05, 4.69) is 26.0 Å². The summed E-state index contributed by atoms with van der Waals surface area (Å²) in [4.78, 5) is 0. The van der Waals surface area contributed by atoms with Gasteiger partial charge in [0.15, 0.2) is 0 Å². The average molecular weight is 247 g/mol.